The van der Waals surface area contributed by atoms with Crippen LogP contribution in [0.3, 0.4) is 0 Å². The molecule has 9 heavy (non-hydrogen) atoms. The first-order valence-corrected chi connectivity index (χ1v) is 4.13. The van der Waals surface area contributed by atoms with E-state index < -0.39 is 0 Å². The van der Waals surface area contributed by atoms with Crippen LogP contribution >= 0.6 is 0 Å². The third-order valence-corrected chi connectivity index (χ3v) is 2.67. The largest absolute Gasteiger partial charge is 0.0850 e. The zero-order chi connectivity index (χ0) is 6.10. The van der Waals surface area contributed by atoms with E-state index in [2.05, 4.69) is 6.08 Å². The Morgan fingerprint density at radius 1 is 1.44 bits per heavy atom. The number of hydrogen-bond acceptors (Lipinski definition) is 0. The van der Waals surface area contributed by atoms with Crippen molar-refractivity contribution >= 4 is 0 Å². The molecule has 2 aliphatic carbocycles. The molecule has 0 bridgehead atoms. The topological polar surface area (TPSA) is 0 Å². The number of hydrogen-bond donors (Lipinski definition) is 0. The van der Waals surface area contributed by atoms with E-state index in [0.717, 1.165) is 5.92 Å². The van der Waals surface area contributed by atoms with Crippen molar-refractivity contribution in [1.29, 1.82) is 0 Å². The van der Waals surface area contributed by atoms with Crippen LogP contribution in [-0.2, 0) is 0 Å². The Labute approximate surface area is 57.0 Å². The van der Waals surface area contributed by atoms with E-state index in [-0.39, 0.29) is 0 Å². The molecule has 0 aromatic heterocycles. The first-order chi connectivity index (χ1) is 4.45. The quantitative estimate of drug-likeness (QED) is 0.494. The van der Waals surface area contributed by atoms with Gasteiger partial charge in [0.25, 0.3) is 0 Å². The van der Waals surface area contributed by atoms with Crippen LogP contribution in [0, 0.1) is 5.92 Å². The fourth-order valence-corrected chi connectivity index (χ4v) is 1.60. The van der Waals surface area contributed by atoms with Gasteiger partial charge < -0.3 is 0 Å². The summed E-state index contributed by atoms with van der Waals surface area (Å²) in [6.07, 6.45) is 11.2. The predicted molar refractivity (Wildman–Crippen MR) is 39.3 cm³/mol. The lowest BCUT2D eigenvalue weighted by Crippen LogP contribution is -2.13. The monoisotopic (exact) mass is 122 g/mol. The Morgan fingerprint density at radius 3 is 2.56 bits per heavy atom. The summed E-state index contributed by atoms with van der Waals surface area (Å²) in [5, 5.41) is 0. The normalized spacial score (nSPS) is 26.4. The van der Waals surface area contributed by atoms with E-state index in [1.54, 1.807) is 5.57 Å². The zero-order valence-corrected chi connectivity index (χ0v) is 5.90. The Bertz CT molecular complexity index is 129. The maximum absolute atomic E-state index is 2.42. The molecule has 0 N–H and O–H groups in total. The van der Waals surface area contributed by atoms with Crippen LogP contribution in [0.1, 0.15) is 38.5 Å². The van der Waals surface area contributed by atoms with Crippen LogP contribution in [0.5, 0.6) is 0 Å². The molecule has 0 atom stereocenters. The second-order valence-electron chi connectivity index (χ2n) is 3.40. The standard InChI is InChI=1S/C9H14/c1-3-8(4-1)7-9-5-2-6-9/h3,9H,1-2,4-7H2. The summed E-state index contributed by atoms with van der Waals surface area (Å²) in [5.74, 6) is 1.09. The van der Waals surface area contributed by atoms with Gasteiger partial charge in [-0.3, -0.25) is 0 Å². The molecule has 0 spiro atoms. The van der Waals surface area contributed by atoms with Crippen LogP contribution in [0.25, 0.3) is 0 Å². The van der Waals surface area contributed by atoms with Crippen LogP contribution in [0.2, 0.25) is 0 Å². The highest BCUT2D eigenvalue weighted by atomic mass is 14.3. The molecule has 0 heteroatoms. The highest BCUT2D eigenvalue weighted by molar-refractivity contribution is 5.13. The molecule has 2 rings (SSSR count). The van der Waals surface area contributed by atoms with Gasteiger partial charge in [0.1, 0.15) is 0 Å². The van der Waals surface area contributed by atoms with E-state index in [4.69, 9.17) is 0 Å². The van der Waals surface area contributed by atoms with Gasteiger partial charge in [0.05, 0.1) is 0 Å². The Kier molecular flexibility index (Phi) is 1.33. The Balaban J connectivity index is 1.76. The van der Waals surface area contributed by atoms with Gasteiger partial charge in [0.15, 0.2) is 0 Å². The van der Waals surface area contributed by atoms with Gasteiger partial charge in [-0.25, -0.2) is 0 Å². The summed E-state index contributed by atoms with van der Waals surface area (Å²) in [5.41, 5.74) is 1.75. The summed E-state index contributed by atoms with van der Waals surface area (Å²) < 4.78 is 0. The highest BCUT2D eigenvalue weighted by Crippen LogP contribution is 2.35. The molecule has 0 nitrogen and oxygen atoms in total. The minimum Gasteiger partial charge on any atom is -0.0850 e. The van der Waals surface area contributed by atoms with E-state index >= 15 is 0 Å². The Morgan fingerprint density at radius 2 is 2.22 bits per heavy atom. The molecule has 0 unspecified atom stereocenters. The summed E-state index contributed by atoms with van der Waals surface area (Å²) in [4.78, 5) is 0. The number of rotatable bonds is 2. The average molecular weight is 122 g/mol. The van der Waals surface area contributed by atoms with Gasteiger partial charge >= 0.3 is 0 Å². The van der Waals surface area contributed by atoms with Crippen molar-refractivity contribution in [2.75, 3.05) is 0 Å². The van der Waals surface area contributed by atoms with Crippen molar-refractivity contribution < 1.29 is 0 Å². The smallest absolute Gasteiger partial charge is 0.0285 e. The molecule has 0 aromatic rings. The first kappa shape index (κ1) is 5.52. The second kappa shape index (κ2) is 2.17. The van der Waals surface area contributed by atoms with Gasteiger partial charge in [0.2, 0.25) is 0 Å². The number of allylic oxidation sites excluding steroid dienone is 2. The van der Waals surface area contributed by atoms with Crippen LogP contribution in [0.15, 0.2) is 11.6 Å². The van der Waals surface area contributed by atoms with Crippen molar-refractivity contribution in [3.8, 4) is 0 Å². The Hall–Kier alpha value is -0.260. The first-order valence-electron chi connectivity index (χ1n) is 4.13. The summed E-state index contributed by atoms with van der Waals surface area (Å²) >= 11 is 0. The fourth-order valence-electron chi connectivity index (χ4n) is 1.60. The third-order valence-electron chi connectivity index (χ3n) is 2.67. The molecular weight excluding hydrogens is 108 g/mol. The molecule has 50 valence electrons. The van der Waals surface area contributed by atoms with Crippen molar-refractivity contribution in [3.63, 3.8) is 0 Å². The van der Waals surface area contributed by atoms with Gasteiger partial charge in [-0.05, 0) is 25.2 Å². The fraction of sp³-hybridized carbons (Fsp3) is 0.778. The van der Waals surface area contributed by atoms with E-state index in [9.17, 15) is 0 Å². The minimum atomic E-state index is 1.09. The van der Waals surface area contributed by atoms with Crippen molar-refractivity contribution in [2.45, 2.75) is 38.5 Å². The van der Waals surface area contributed by atoms with Gasteiger partial charge in [0, 0.05) is 0 Å². The van der Waals surface area contributed by atoms with E-state index in [0.29, 0.717) is 0 Å². The SMILES string of the molecule is C1=C(CC2CCC2)CC1. The van der Waals surface area contributed by atoms with Crippen molar-refractivity contribution in [3.05, 3.63) is 11.6 Å². The summed E-state index contributed by atoms with van der Waals surface area (Å²) in [7, 11) is 0. The lowest BCUT2D eigenvalue weighted by atomic mass is 9.78. The molecule has 2 aliphatic rings. The maximum atomic E-state index is 2.42. The molecule has 0 radical (unpaired) electrons. The third kappa shape index (κ3) is 1.03. The molecule has 0 aromatic carbocycles. The molecule has 0 saturated heterocycles. The highest BCUT2D eigenvalue weighted by Gasteiger charge is 2.19. The molecule has 0 aliphatic heterocycles. The molecule has 1 fully saturated rings. The minimum absolute atomic E-state index is 1.09. The van der Waals surface area contributed by atoms with Crippen molar-refractivity contribution in [1.82, 2.24) is 0 Å². The van der Waals surface area contributed by atoms with Crippen molar-refractivity contribution in [2.24, 2.45) is 5.92 Å². The lowest BCUT2D eigenvalue weighted by molar-refractivity contribution is 0.308. The molecule has 1 saturated carbocycles. The maximum Gasteiger partial charge on any atom is -0.0285 e. The van der Waals surface area contributed by atoms with Gasteiger partial charge in [-0.15, -0.1) is 0 Å². The molecule has 0 heterocycles. The second-order valence-corrected chi connectivity index (χ2v) is 3.40. The van der Waals surface area contributed by atoms with Gasteiger partial charge in [-0.1, -0.05) is 30.9 Å². The van der Waals surface area contributed by atoms with E-state index in [1.807, 2.05) is 0 Å². The summed E-state index contributed by atoms with van der Waals surface area (Å²) in [6.45, 7) is 0. The lowest BCUT2D eigenvalue weighted by Gasteiger charge is -2.28. The van der Waals surface area contributed by atoms with Crippen LogP contribution in [0.4, 0.5) is 0 Å². The predicted octanol–water partition coefficient (Wildman–Crippen LogP) is 2.90. The summed E-state index contributed by atoms with van der Waals surface area (Å²) in [6, 6.07) is 0. The van der Waals surface area contributed by atoms with E-state index in [1.165, 1.54) is 38.5 Å². The zero-order valence-electron chi connectivity index (χ0n) is 5.90. The van der Waals surface area contributed by atoms with Crippen LogP contribution in [-0.4, -0.2) is 0 Å². The molecular formula is C9H14. The van der Waals surface area contributed by atoms with Gasteiger partial charge in [-0.2, -0.15) is 0 Å². The molecule has 0 amide bonds. The average Bonchev–Trinajstić information content (AvgIpc) is 1.57. The van der Waals surface area contributed by atoms with Crippen LogP contribution < -0.4 is 0 Å².